The van der Waals surface area contributed by atoms with Crippen LogP contribution in [0.1, 0.15) is 40.0 Å². The smallest absolute Gasteiger partial charge is 0.263 e. The van der Waals surface area contributed by atoms with Crippen molar-refractivity contribution in [1.82, 2.24) is 4.98 Å². The van der Waals surface area contributed by atoms with Gasteiger partial charge in [-0.1, -0.05) is 29.3 Å². The van der Waals surface area contributed by atoms with Gasteiger partial charge in [0.2, 0.25) is 5.91 Å². The SMILES string of the molecule is CN(C(=O)c1c(F)cccc1Cl)c1ncc(-c2cc(C(N)=O)ccc2Cl)cc1OC1CC2CC2C1. The lowest BCUT2D eigenvalue weighted by molar-refractivity contribution is 0.0983. The van der Waals surface area contributed by atoms with Crippen LogP contribution < -0.4 is 15.4 Å². The fourth-order valence-electron chi connectivity index (χ4n) is 4.72. The zero-order valence-electron chi connectivity index (χ0n) is 18.8. The van der Waals surface area contributed by atoms with Crippen LogP contribution in [0.2, 0.25) is 10.0 Å². The van der Waals surface area contributed by atoms with Crippen LogP contribution in [0, 0.1) is 17.7 Å². The van der Waals surface area contributed by atoms with E-state index in [1.54, 1.807) is 24.3 Å². The van der Waals surface area contributed by atoms with Crippen molar-refractivity contribution in [3.8, 4) is 16.9 Å². The van der Waals surface area contributed by atoms with Crippen LogP contribution in [0.3, 0.4) is 0 Å². The Labute approximate surface area is 211 Å². The number of amides is 2. The van der Waals surface area contributed by atoms with Crippen LogP contribution in [0.5, 0.6) is 5.75 Å². The molecule has 9 heteroatoms. The Morgan fingerprint density at radius 3 is 2.51 bits per heavy atom. The number of carbonyl (C=O) groups is 2. The Bertz CT molecular complexity index is 1320. The number of primary amides is 1. The van der Waals surface area contributed by atoms with E-state index in [4.69, 9.17) is 33.7 Å². The van der Waals surface area contributed by atoms with Crippen LogP contribution in [0.4, 0.5) is 10.2 Å². The van der Waals surface area contributed by atoms with E-state index in [-0.39, 0.29) is 22.5 Å². The summed E-state index contributed by atoms with van der Waals surface area (Å²) in [5.74, 6) is -0.0175. The van der Waals surface area contributed by atoms with Gasteiger partial charge in [-0.05, 0) is 67.5 Å². The monoisotopic (exact) mass is 513 g/mol. The van der Waals surface area contributed by atoms with E-state index < -0.39 is 17.6 Å². The summed E-state index contributed by atoms with van der Waals surface area (Å²) in [5.41, 5.74) is 6.63. The number of ether oxygens (including phenoxy) is 1. The number of nitrogens with zero attached hydrogens (tertiary/aromatic N) is 2. The van der Waals surface area contributed by atoms with Crippen molar-refractivity contribution in [2.75, 3.05) is 11.9 Å². The molecule has 0 aliphatic heterocycles. The van der Waals surface area contributed by atoms with Crippen molar-refractivity contribution in [2.45, 2.75) is 25.4 Å². The van der Waals surface area contributed by atoms with Crippen LogP contribution in [0.25, 0.3) is 11.1 Å². The first-order valence-electron chi connectivity index (χ1n) is 11.2. The average molecular weight is 514 g/mol. The van der Waals surface area contributed by atoms with Gasteiger partial charge in [0, 0.05) is 35.0 Å². The van der Waals surface area contributed by atoms with Gasteiger partial charge in [-0.25, -0.2) is 9.37 Å². The lowest BCUT2D eigenvalue weighted by Gasteiger charge is -2.23. The fourth-order valence-corrected chi connectivity index (χ4v) is 5.19. The molecule has 2 fully saturated rings. The molecule has 0 bridgehead atoms. The second-order valence-electron chi connectivity index (χ2n) is 9.03. The number of hydrogen-bond donors (Lipinski definition) is 1. The summed E-state index contributed by atoms with van der Waals surface area (Å²) in [6.07, 6.45) is 4.60. The molecule has 2 unspecified atom stereocenters. The van der Waals surface area contributed by atoms with Gasteiger partial charge in [-0.15, -0.1) is 0 Å². The van der Waals surface area contributed by atoms with Crippen molar-refractivity contribution in [1.29, 1.82) is 0 Å². The third-order valence-corrected chi connectivity index (χ3v) is 7.33. The Morgan fingerprint density at radius 2 is 1.83 bits per heavy atom. The molecule has 35 heavy (non-hydrogen) atoms. The zero-order valence-corrected chi connectivity index (χ0v) is 20.3. The molecule has 2 aromatic carbocycles. The maximum atomic E-state index is 14.4. The molecule has 1 heterocycles. The molecule has 0 saturated heterocycles. The van der Waals surface area contributed by atoms with Crippen LogP contribution >= 0.6 is 23.2 Å². The van der Waals surface area contributed by atoms with Crippen molar-refractivity contribution in [3.63, 3.8) is 0 Å². The molecule has 0 radical (unpaired) electrons. The standard InChI is InChI=1S/C26H22Cl2FN3O3/c1-32(26(34)23-20(28)3-2-4-21(23)29)25-22(35-17-8-14-7-15(14)9-17)11-16(12-31-25)18-10-13(24(30)33)5-6-19(18)27/h2-6,10-12,14-15,17H,7-9H2,1H3,(H2,30,33). The first-order chi connectivity index (χ1) is 16.7. The van der Waals surface area contributed by atoms with Gasteiger partial charge < -0.3 is 10.5 Å². The minimum Gasteiger partial charge on any atom is -0.486 e. The van der Waals surface area contributed by atoms with E-state index in [1.165, 1.54) is 42.8 Å². The highest BCUT2D eigenvalue weighted by Gasteiger charge is 2.47. The molecule has 6 nitrogen and oxygen atoms in total. The summed E-state index contributed by atoms with van der Waals surface area (Å²) in [5, 5.41) is 0.409. The maximum Gasteiger partial charge on any atom is 0.263 e. The number of nitrogens with two attached hydrogens (primary N) is 1. The topological polar surface area (TPSA) is 85.5 Å². The molecule has 1 aromatic heterocycles. The molecule has 5 rings (SSSR count). The number of aromatic nitrogens is 1. The van der Waals surface area contributed by atoms with Gasteiger partial charge in [0.1, 0.15) is 5.82 Å². The number of anilines is 1. The predicted octanol–water partition coefficient (Wildman–Crippen LogP) is 5.75. The van der Waals surface area contributed by atoms with E-state index >= 15 is 0 Å². The molecule has 2 saturated carbocycles. The van der Waals surface area contributed by atoms with E-state index in [1.807, 2.05) is 0 Å². The second kappa shape index (κ2) is 9.13. The first-order valence-corrected chi connectivity index (χ1v) is 12.0. The van der Waals surface area contributed by atoms with Crippen molar-refractivity contribution < 1.29 is 18.7 Å². The van der Waals surface area contributed by atoms with Crippen LogP contribution in [0.15, 0.2) is 48.7 Å². The number of pyridine rings is 1. The van der Waals surface area contributed by atoms with Gasteiger partial charge in [0.15, 0.2) is 11.6 Å². The summed E-state index contributed by atoms with van der Waals surface area (Å²) >= 11 is 12.5. The second-order valence-corrected chi connectivity index (χ2v) is 9.85. The van der Waals surface area contributed by atoms with Gasteiger partial charge in [0.25, 0.3) is 5.91 Å². The minimum atomic E-state index is -0.723. The Hall–Kier alpha value is -3.16. The third kappa shape index (κ3) is 4.58. The van der Waals surface area contributed by atoms with Crippen molar-refractivity contribution in [2.24, 2.45) is 17.6 Å². The number of hydrogen-bond acceptors (Lipinski definition) is 4. The van der Waals surface area contributed by atoms with Gasteiger partial charge in [0.05, 0.1) is 16.7 Å². The summed E-state index contributed by atoms with van der Waals surface area (Å²) in [6.45, 7) is 0. The predicted molar refractivity (Wildman–Crippen MR) is 133 cm³/mol. The molecular formula is C26H22Cl2FN3O3. The zero-order chi connectivity index (χ0) is 24.9. The Morgan fingerprint density at radius 1 is 1.09 bits per heavy atom. The van der Waals surface area contributed by atoms with Crippen LogP contribution in [-0.4, -0.2) is 29.9 Å². The molecule has 0 spiro atoms. The van der Waals surface area contributed by atoms with E-state index in [0.29, 0.717) is 39.3 Å². The molecule has 180 valence electrons. The summed E-state index contributed by atoms with van der Waals surface area (Å²) in [4.78, 5) is 30.6. The highest BCUT2D eigenvalue weighted by Crippen LogP contribution is 2.53. The largest absolute Gasteiger partial charge is 0.486 e. The highest BCUT2D eigenvalue weighted by molar-refractivity contribution is 6.34. The number of carbonyl (C=O) groups excluding carboxylic acids is 2. The quantitative estimate of drug-likeness (QED) is 0.454. The number of halogens is 3. The van der Waals surface area contributed by atoms with Gasteiger partial charge in [-0.3, -0.25) is 14.5 Å². The molecule has 2 amide bonds. The lowest BCUT2D eigenvalue weighted by Crippen LogP contribution is -2.29. The van der Waals surface area contributed by atoms with E-state index in [9.17, 15) is 14.0 Å². The van der Waals surface area contributed by atoms with Crippen LogP contribution in [-0.2, 0) is 0 Å². The fraction of sp³-hybridized carbons (Fsp3) is 0.269. The lowest BCUT2D eigenvalue weighted by atomic mass is 10.0. The van der Waals surface area contributed by atoms with Gasteiger partial charge >= 0.3 is 0 Å². The molecule has 2 N–H and O–H groups in total. The number of benzene rings is 2. The molecule has 2 atom stereocenters. The van der Waals surface area contributed by atoms with E-state index in [0.717, 1.165) is 12.8 Å². The van der Waals surface area contributed by atoms with E-state index in [2.05, 4.69) is 4.98 Å². The molecule has 2 aliphatic rings. The Balaban J connectivity index is 1.55. The molecule has 3 aromatic rings. The van der Waals surface area contributed by atoms with Crippen molar-refractivity contribution >= 4 is 40.8 Å². The summed E-state index contributed by atoms with van der Waals surface area (Å²) < 4.78 is 20.8. The average Bonchev–Trinajstić information content (AvgIpc) is 3.44. The minimum absolute atomic E-state index is 0.00636. The first kappa shape index (κ1) is 23.6. The van der Waals surface area contributed by atoms with Crippen molar-refractivity contribution in [3.05, 3.63) is 75.7 Å². The number of rotatable bonds is 6. The number of fused-ring (bicyclic) bond motifs is 1. The normalized spacial score (nSPS) is 20.3. The maximum absolute atomic E-state index is 14.4. The Kier molecular flexibility index (Phi) is 6.15. The third-order valence-electron chi connectivity index (χ3n) is 6.69. The highest BCUT2D eigenvalue weighted by atomic mass is 35.5. The molecule has 2 aliphatic carbocycles. The summed E-state index contributed by atoms with van der Waals surface area (Å²) in [7, 11) is 1.49. The van der Waals surface area contributed by atoms with Gasteiger partial charge in [-0.2, -0.15) is 0 Å². The molecular weight excluding hydrogens is 492 g/mol. The summed E-state index contributed by atoms with van der Waals surface area (Å²) in [6, 6.07) is 10.5.